The van der Waals surface area contributed by atoms with Gasteiger partial charge in [0.25, 0.3) is 0 Å². The number of ether oxygens (including phenoxy) is 1. The van der Waals surface area contributed by atoms with Crippen LogP contribution in [0, 0.1) is 11.3 Å². The van der Waals surface area contributed by atoms with Crippen LogP contribution in [0.5, 0.6) is 5.75 Å². The highest BCUT2D eigenvalue weighted by Gasteiger charge is 2.18. The molecule has 124 valence electrons. The van der Waals surface area contributed by atoms with E-state index in [0.717, 1.165) is 5.69 Å². The minimum atomic E-state index is -0.210. The molecule has 0 atom stereocenters. The first-order chi connectivity index (χ1) is 12.1. The van der Waals surface area contributed by atoms with Crippen molar-refractivity contribution < 1.29 is 9.53 Å². The second kappa shape index (κ2) is 6.84. The van der Waals surface area contributed by atoms with Crippen LogP contribution in [0.15, 0.2) is 48.5 Å². The molecule has 1 aromatic heterocycles. The van der Waals surface area contributed by atoms with Gasteiger partial charge in [-0.15, -0.1) is 5.10 Å². The number of carbonyl (C=O) groups is 1. The molecule has 0 radical (unpaired) electrons. The number of aromatic nitrogens is 3. The largest absolute Gasteiger partial charge is 0.497 e. The van der Waals surface area contributed by atoms with E-state index in [4.69, 9.17) is 10.00 Å². The topological polar surface area (TPSA) is 92.8 Å². The summed E-state index contributed by atoms with van der Waals surface area (Å²) in [5.74, 6) is 0.943. The smallest absolute Gasteiger partial charge is 0.183 e. The summed E-state index contributed by atoms with van der Waals surface area (Å²) in [6.45, 7) is 1.43. The summed E-state index contributed by atoms with van der Waals surface area (Å²) in [7, 11) is 1.59. The second-order valence-corrected chi connectivity index (χ2v) is 5.27. The number of methoxy groups -OCH3 is 1. The predicted octanol–water partition coefficient (Wildman–Crippen LogP) is 3.09. The lowest BCUT2D eigenvalue weighted by Crippen LogP contribution is -2.05. The molecular formula is C18H15N5O2. The first-order valence-electron chi connectivity index (χ1n) is 7.50. The number of nitrogens with zero attached hydrogens (tertiary/aromatic N) is 4. The van der Waals surface area contributed by atoms with Crippen molar-refractivity contribution in [3.63, 3.8) is 0 Å². The van der Waals surface area contributed by atoms with E-state index in [1.165, 1.54) is 11.6 Å². The van der Waals surface area contributed by atoms with Crippen molar-refractivity contribution in [3.05, 3.63) is 59.8 Å². The summed E-state index contributed by atoms with van der Waals surface area (Å²) >= 11 is 0. The molecule has 7 heteroatoms. The Morgan fingerprint density at radius 3 is 2.64 bits per heavy atom. The number of benzene rings is 2. The lowest BCUT2D eigenvalue weighted by molar-refractivity contribution is 0.101. The Hall–Kier alpha value is -3.66. The molecule has 0 aliphatic heterocycles. The third-order valence-electron chi connectivity index (χ3n) is 3.58. The molecule has 1 heterocycles. The molecule has 0 unspecified atom stereocenters. The highest BCUT2D eigenvalue weighted by Crippen LogP contribution is 2.24. The number of nitriles is 1. The van der Waals surface area contributed by atoms with E-state index < -0.39 is 0 Å². The zero-order valence-electron chi connectivity index (χ0n) is 13.7. The molecule has 3 rings (SSSR count). The monoisotopic (exact) mass is 333 g/mol. The molecule has 1 N–H and O–H groups in total. The second-order valence-electron chi connectivity index (χ2n) is 5.27. The third kappa shape index (κ3) is 3.33. The number of anilines is 2. The fourth-order valence-corrected chi connectivity index (χ4v) is 2.34. The third-order valence-corrected chi connectivity index (χ3v) is 3.58. The van der Waals surface area contributed by atoms with Crippen molar-refractivity contribution in [1.29, 1.82) is 5.26 Å². The first-order valence-corrected chi connectivity index (χ1v) is 7.50. The number of carbonyl (C=O) groups excluding carboxylic acids is 1. The van der Waals surface area contributed by atoms with Crippen LogP contribution in [-0.4, -0.2) is 27.9 Å². The molecule has 0 spiro atoms. The normalized spacial score (nSPS) is 10.1. The van der Waals surface area contributed by atoms with Crippen molar-refractivity contribution in [2.24, 2.45) is 0 Å². The van der Waals surface area contributed by atoms with Gasteiger partial charge in [-0.1, -0.05) is 11.3 Å². The Balaban J connectivity index is 2.05. The molecule has 0 amide bonds. The van der Waals surface area contributed by atoms with Crippen molar-refractivity contribution in [2.45, 2.75) is 6.92 Å². The standard InChI is InChI=1S/C18H15N5O2/c1-12(24)17-18(20-14-5-3-4-13(10-14)11-19)23(22-21-17)15-6-8-16(25-2)9-7-15/h3-10,20H,1-2H3. The highest BCUT2D eigenvalue weighted by molar-refractivity contribution is 5.97. The number of hydrogen-bond donors (Lipinski definition) is 1. The Morgan fingerprint density at radius 2 is 2.00 bits per heavy atom. The minimum absolute atomic E-state index is 0.210. The van der Waals surface area contributed by atoms with Crippen molar-refractivity contribution in [3.8, 4) is 17.5 Å². The van der Waals surface area contributed by atoms with Crippen LogP contribution < -0.4 is 10.1 Å². The van der Waals surface area contributed by atoms with E-state index >= 15 is 0 Å². The van der Waals surface area contributed by atoms with Crippen molar-refractivity contribution in [2.75, 3.05) is 12.4 Å². The molecule has 0 bridgehead atoms. The van der Waals surface area contributed by atoms with E-state index in [9.17, 15) is 4.79 Å². The van der Waals surface area contributed by atoms with E-state index in [0.29, 0.717) is 22.8 Å². The van der Waals surface area contributed by atoms with E-state index in [1.807, 2.05) is 12.1 Å². The van der Waals surface area contributed by atoms with Gasteiger partial charge in [-0.05, 0) is 42.5 Å². The Bertz CT molecular complexity index is 954. The molecule has 7 nitrogen and oxygen atoms in total. The van der Waals surface area contributed by atoms with Crippen LogP contribution in [-0.2, 0) is 0 Å². The quantitative estimate of drug-likeness (QED) is 0.721. The zero-order valence-corrected chi connectivity index (χ0v) is 13.7. The molecule has 0 aliphatic rings. The molecule has 0 aliphatic carbocycles. The Labute approximate surface area is 144 Å². The van der Waals surface area contributed by atoms with Crippen LogP contribution in [0.25, 0.3) is 5.69 Å². The van der Waals surface area contributed by atoms with Crippen LogP contribution in [0.4, 0.5) is 11.5 Å². The van der Waals surface area contributed by atoms with Gasteiger partial charge in [-0.25, -0.2) is 0 Å². The minimum Gasteiger partial charge on any atom is -0.497 e. The van der Waals surface area contributed by atoms with E-state index in [1.54, 1.807) is 43.5 Å². The fourth-order valence-electron chi connectivity index (χ4n) is 2.34. The van der Waals surface area contributed by atoms with Gasteiger partial charge in [-0.2, -0.15) is 9.94 Å². The summed E-state index contributed by atoms with van der Waals surface area (Å²) in [6.07, 6.45) is 0. The average molecular weight is 333 g/mol. The maximum absolute atomic E-state index is 11.9. The number of rotatable bonds is 5. The number of hydrogen-bond acceptors (Lipinski definition) is 6. The molecule has 3 aromatic rings. The highest BCUT2D eigenvalue weighted by atomic mass is 16.5. The molecule has 0 fully saturated rings. The zero-order chi connectivity index (χ0) is 17.8. The van der Waals surface area contributed by atoms with Crippen molar-refractivity contribution >= 4 is 17.3 Å². The van der Waals surface area contributed by atoms with E-state index in [-0.39, 0.29) is 11.5 Å². The Morgan fingerprint density at radius 1 is 1.24 bits per heavy atom. The van der Waals surface area contributed by atoms with Gasteiger partial charge in [-0.3, -0.25) is 4.79 Å². The van der Waals surface area contributed by atoms with Gasteiger partial charge in [0, 0.05) is 12.6 Å². The number of ketones is 1. The van der Waals surface area contributed by atoms with Gasteiger partial charge in [0.1, 0.15) is 5.75 Å². The summed E-state index contributed by atoms with van der Waals surface area (Å²) in [4.78, 5) is 11.9. The summed E-state index contributed by atoms with van der Waals surface area (Å²) < 4.78 is 6.69. The molecular weight excluding hydrogens is 318 g/mol. The van der Waals surface area contributed by atoms with Crippen LogP contribution >= 0.6 is 0 Å². The molecule has 25 heavy (non-hydrogen) atoms. The van der Waals surface area contributed by atoms with Crippen molar-refractivity contribution in [1.82, 2.24) is 15.0 Å². The van der Waals surface area contributed by atoms with Gasteiger partial charge >= 0.3 is 0 Å². The van der Waals surface area contributed by atoms with E-state index in [2.05, 4.69) is 21.7 Å². The first kappa shape index (κ1) is 16.2. The predicted molar refractivity (Wildman–Crippen MR) is 92.4 cm³/mol. The molecule has 0 saturated heterocycles. The fraction of sp³-hybridized carbons (Fsp3) is 0.111. The van der Waals surface area contributed by atoms with Crippen LogP contribution in [0.3, 0.4) is 0 Å². The van der Waals surface area contributed by atoms with Crippen LogP contribution in [0.1, 0.15) is 23.0 Å². The van der Waals surface area contributed by atoms with Gasteiger partial charge in [0.2, 0.25) is 0 Å². The maximum Gasteiger partial charge on any atom is 0.183 e. The lowest BCUT2D eigenvalue weighted by atomic mass is 10.2. The average Bonchev–Trinajstić information content (AvgIpc) is 3.05. The van der Waals surface area contributed by atoms with Gasteiger partial charge < -0.3 is 10.1 Å². The Kier molecular flexibility index (Phi) is 4.44. The number of nitrogens with one attached hydrogen (secondary N) is 1. The SMILES string of the molecule is COc1ccc(-n2nnc(C(C)=O)c2Nc2cccc(C#N)c2)cc1. The molecule has 0 saturated carbocycles. The summed E-state index contributed by atoms with van der Waals surface area (Å²) in [5, 5.41) is 20.2. The van der Waals surface area contributed by atoms with Crippen LogP contribution in [0.2, 0.25) is 0 Å². The lowest BCUT2D eigenvalue weighted by Gasteiger charge is -2.11. The number of Topliss-reactive ketones (excluding diaryl/α,β-unsaturated/α-hetero) is 1. The maximum atomic E-state index is 11.9. The summed E-state index contributed by atoms with van der Waals surface area (Å²) in [6, 6.07) is 16.3. The summed E-state index contributed by atoms with van der Waals surface area (Å²) in [5.41, 5.74) is 2.12. The van der Waals surface area contributed by atoms with Gasteiger partial charge in [0.05, 0.1) is 24.4 Å². The van der Waals surface area contributed by atoms with Gasteiger partial charge in [0.15, 0.2) is 17.3 Å². The molecule has 2 aromatic carbocycles.